The number of carbonyl (C=O) groups excluding carboxylic acids is 2. The molecule has 0 aliphatic rings. The van der Waals surface area contributed by atoms with E-state index in [0.717, 1.165) is 5.56 Å². The van der Waals surface area contributed by atoms with E-state index in [1.807, 2.05) is 30.3 Å². The highest BCUT2D eigenvalue weighted by atomic mass is 16.5. The minimum atomic E-state index is -0.563. The molecule has 108 valence electrons. The zero-order valence-electron chi connectivity index (χ0n) is 11.3. The lowest BCUT2D eigenvalue weighted by atomic mass is 10.2. The number of furan rings is 1. The third kappa shape index (κ3) is 5.36. The second kappa shape index (κ2) is 7.69. The number of amides is 1. The SMILES string of the molecule is O=C(COC(=O)C=Cc1ccccc1)NCc1ccco1. The lowest BCUT2D eigenvalue weighted by molar-refractivity contribution is -0.143. The molecular weight excluding hydrogens is 270 g/mol. The second-order valence-corrected chi connectivity index (χ2v) is 4.21. The molecule has 5 nitrogen and oxygen atoms in total. The minimum Gasteiger partial charge on any atom is -0.467 e. The third-order valence-electron chi connectivity index (χ3n) is 2.60. The van der Waals surface area contributed by atoms with Crippen molar-refractivity contribution in [1.82, 2.24) is 5.32 Å². The van der Waals surface area contributed by atoms with Gasteiger partial charge in [-0.3, -0.25) is 4.79 Å². The summed E-state index contributed by atoms with van der Waals surface area (Å²) in [7, 11) is 0. The molecule has 0 saturated heterocycles. The van der Waals surface area contributed by atoms with E-state index in [1.165, 1.54) is 12.3 Å². The van der Waals surface area contributed by atoms with Gasteiger partial charge in [0.2, 0.25) is 0 Å². The van der Waals surface area contributed by atoms with Crippen molar-refractivity contribution in [3.8, 4) is 0 Å². The van der Waals surface area contributed by atoms with Gasteiger partial charge in [0.15, 0.2) is 6.61 Å². The summed E-state index contributed by atoms with van der Waals surface area (Å²) in [5, 5.41) is 2.58. The predicted octanol–water partition coefficient (Wildman–Crippen LogP) is 2.15. The molecule has 1 N–H and O–H groups in total. The zero-order chi connectivity index (χ0) is 14.9. The van der Waals surface area contributed by atoms with Crippen LogP contribution in [0.15, 0.2) is 59.2 Å². The Morgan fingerprint density at radius 3 is 2.67 bits per heavy atom. The molecular formula is C16H15NO4. The average Bonchev–Trinajstić information content (AvgIpc) is 3.03. The summed E-state index contributed by atoms with van der Waals surface area (Å²) in [5.74, 6) is -0.307. The molecule has 0 atom stereocenters. The van der Waals surface area contributed by atoms with Crippen LogP contribution in [0, 0.1) is 0 Å². The van der Waals surface area contributed by atoms with Gasteiger partial charge < -0.3 is 14.5 Å². The number of esters is 1. The van der Waals surface area contributed by atoms with Crippen LogP contribution in [-0.4, -0.2) is 18.5 Å². The van der Waals surface area contributed by atoms with Crippen molar-refractivity contribution in [2.24, 2.45) is 0 Å². The molecule has 2 rings (SSSR count). The van der Waals surface area contributed by atoms with E-state index in [0.29, 0.717) is 5.76 Å². The highest BCUT2D eigenvalue weighted by molar-refractivity contribution is 5.89. The zero-order valence-corrected chi connectivity index (χ0v) is 11.3. The summed E-state index contributed by atoms with van der Waals surface area (Å²) in [4.78, 5) is 22.9. The Morgan fingerprint density at radius 1 is 1.14 bits per heavy atom. The molecule has 1 amide bonds. The van der Waals surface area contributed by atoms with E-state index in [2.05, 4.69) is 5.32 Å². The van der Waals surface area contributed by atoms with Gasteiger partial charge in [-0.15, -0.1) is 0 Å². The van der Waals surface area contributed by atoms with Gasteiger partial charge in [0, 0.05) is 6.08 Å². The first-order valence-corrected chi connectivity index (χ1v) is 6.43. The van der Waals surface area contributed by atoms with E-state index in [9.17, 15) is 9.59 Å². The third-order valence-corrected chi connectivity index (χ3v) is 2.60. The lowest BCUT2D eigenvalue weighted by Crippen LogP contribution is -2.27. The van der Waals surface area contributed by atoms with E-state index in [1.54, 1.807) is 18.2 Å². The summed E-state index contributed by atoms with van der Waals surface area (Å²) in [6.07, 6.45) is 4.44. The number of ether oxygens (including phenoxy) is 1. The van der Waals surface area contributed by atoms with Crippen LogP contribution in [0.1, 0.15) is 11.3 Å². The van der Waals surface area contributed by atoms with Crippen molar-refractivity contribution >= 4 is 18.0 Å². The van der Waals surface area contributed by atoms with Crippen LogP contribution in [0.5, 0.6) is 0 Å². The standard InChI is InChI=1S/C16H15NO4/c18-15(17-11-14-7-4-10-20-14)12-21-16(19)9-8-13-5-2-1-3-6-13/h1-10H,11-12H2,(H,17,18). The number of rotatable bonds is 6. The van der Waals surface area contributed by atoms with Crippen molar-refractivity contribution in [1.29, 1.82) is 0 Å². The highest BCUT2D eigenvalue weighted by Crippen LogP contribution is 2.01. The van der Waals surface area contributed by atoms with Crippen LogP contribution >= 0.6 is 0 Å². The fourth-order valence-electron chi connectivity index (χ4n) is 1.56. The Kier molecular flexibility index (Phi) is 5.34. The quantitative estimate of drug-likeness (QED) is 0.652. The fourth-order valence-corrected chi connectivity index (χ4v) is 1.56. The van der Waals surface area contributed by atoms with Gasteiger partial charge in [0.05, 0.1) is 12.8 Å². The first-order valence-electron chi connectivity index (χ1n) is 6.43. The molecule has 21 heavy (non-hydrogen) atoms. The van der Waals surface area contributed by atoms with Crippen molar-refractivity contribution in [3.63, 3.8) is 0 Å². The van der Waals surface area contributed by atoms with Gasteiger partial charge in [-0.1, -0.05) is 30.3 Å². The maximum absolute atomic E-state index is 11.5. The average molecular weight is 285 g/mol. The van der Waals surface area contributed by atoms with Crippen LogP contribution in [-0.2, 0) is 20.9 Å². The van der Waals surface area contributed by atoms with Crippen molar-refractivity contribution in [2.45, 2.75) is 6.54 Å². The van der Waals surface area contributed by atoms with Gasteiger partial charge in [0.25, 0.3) is 5.91 Å². The van der Waals surface area contributed by atoms with Gasteiger partial charge in [-0.2, -0.15) is 0 Å². The molecule has 2 aromatic rings. The molecule has 0 saturated carbocycles. The molecule has 1 aromatic heterocycles. The molecule has 1 heterocycles. The van der Waals surface area contributed by atoms with Gasteiger partial charge in [0.1, 0.15) is 5.76 Å². The normalized spacial score (nSPS) is 10.5. The molecule has 0 spiro atoms. The molecule has 0 aliphatic carbocycles. The summed E-state index contributed by atoms with van der Waals surface area (Å²) in [6.45, 7) is -0.0537. The Balaban J connectivity index is 1.68. The number of carbonyl (C=O) groups is 2. The molecule has 0 radical (unpaired) electrons. The van der Waals surface area contributed by atoms with Crippen molar-refractivity contribution in [3.05, 3.63) is 66.1 Å². The summed E-state index contributed by atoms with van der Waals surface area (Å²) >= 11 is 0. The largest absolute Gasteiger partial charge is 0.467 e. The first kappa shape index (κ1) is 14.6. The first-order chi connectivity index (χ1) is 10.2. The van der Waals surface area contributed by atoms with Crippen LogP contribution in [0.3, 0.4) is 0 Å². The monoisotopic (exact) mass is 285 g/mol. The Morgan fingerprint density at radius 2 is 1.95 bits per heavy atom. The van der Waals surface area contributed by atoms with Crippen LogP contribution in [0.25, 0.3) is 6.08 Å². The highest BCUT2D eigenvalue weighted by Gasteiger charge is 2.05. The van der Waals surface area contributed by atoms with Crippen molar-refractivity contribution in [2.75, 3.05) is 6.61 Å². The summed E-state index contributed by atoms with van der Waals surface area (Å²) < 4.78 is 9.89. The molecule has 5 heteroatoms. The molecule has 0 aliphatic heterocycles. The second-order valence-electron chi connectivity index (χ2n) is 4.21. The molecule has 1 aromatic carbocycles. The van der Waals surface area contributed by atoms with Gasteiger partial charge in [-0.05, 0) is 23.8 Å². The Bertz CT molecular complexity index is 602. The van der Waals surface area contributed by atoms with E-state index >= 15 is 0 Å². The molecule has 0 bridgehead atoms. The predicted molar refractivity (Wildman–Crippen MR) is 77.0 cm³/mol. The Labute approximate surface area is 122 Å². The molecule has 0 fully saturated rings. The van der Waals surface area contributed by atoms with E-state index < -0.39 is 5.97 Å². The smallest absolute Gasteiger partial charge is 0.331 e. The number of benzene rings is 1. The fraction of sp³-hybridized carbons (Fsp3) is 0.125. The summed E-state index contributed by atoms with van der Waals surface area (Å²) in [5.41, 5.74) is 0.886. The lowest BCUT2D eigenvalue weighted by Gasteiger charge is -2.03. The topological polar surface area (TPSA) is 68.5 Å². The van der Waals surface area contributed by atoms with E-state index in [-0.39, 0.29) is 19.1 Å². The number of hydrogen-bond donors (Lipinski definition) is 1. The maximum atomic E-state index is 11.5. The van der Waals surface area contributed by atoms with Crippen molar-refractivity contribution < 1.29 is 18.7 Å². The van der Waals surface area contributed by atoms with Crippen LogP contribution < -0.4 is 5.32 Å². The van der Waals surface area contributed by atoms with Crippen LogP contribution in [0.2, 0.25) is 0 Å². The van der Waals surface area contributed by atoms with Gasteiger partial charge >= 0.3 is 5.97 Å². The minimum absolute atomic E-state index is 0.267. The molecule has 0 unspecified atom stereocenters. The Hall–Kier alpha value is -2.82. The summed E-state index contributed by atoms with van der Waals surface area (Å²) in [6, 6.07) is 12.8. The number of hydrogen-bond acceptors (Lipinski definition) is 4. The van der Waals surface area contributed by atoms with E-state index in [4.69, 9.17) is 9.15 Å². The van der Waals surface area contributed by atoms with Gasteiger partial charge in [-0.25, -0.2) is 4.79 Å². The maximum Gasteiger partial charge on any atom is 0.331 e. The number of nitrogens with one attached hydrogen (secondary N) is 1. The van der Waals surface area contributed by atoms with Crippen LogP contribution in [0.4, 0.5) is 0 Å².